The van der Waals surface area contributed by atoms with Crippen molar-refractivity contribution >= 4 is 5.97 Å². The molecule has 0 aliphatic carbocycles. The molecule has 0 aliphatic rings. The molecule has 0 bridgehead atoms. The van der Waals surface area contributed by atoms with Crippen molar-refractivity contribution in [1.29, 1.82) is 0 Å². The first-order chi connectivity index (χ1) is 7.19. The third-order valence-electron chi connectivity index (χ3n) is 1.97. The number of carbonyl (C=O) groups excluding carboxylic acids is 1. The number of rotatable bonds is 5. The van der Waals surface area contributed by atoms with Crippen LogP contribution in [-0.2, 0) is 9.47 Å². The van der Waals surface area contributed by atoms with E-state index in [0.717, 1.165) is 0 Å². The highest BCUT2D eigenvalue weighted by molar-refractivity contribution is 5.88. The first-order valence-electron chi connectivity index (χ1n) is 4.89. The molecular formula is C10H16N2O3. The van der Waals surface area contributed by atoms with Crippen LogP contribution in [0.4, 0.5) is 0 Å². The van der Waals surface area contributed by atoms with E-state index in [1.165, 1.54) is 6.20 Å². The topological polar surface area (TPSA) is 53.3 Å². The quantitative estimate of drug-likeness (QED) is 0.690. The maximum absolute atomic E-state index is 11.3. The fourth-order valence-corrected chi connectivity index (χ4v) is 1.22. The van der Waals surface area contributed by atoms with Gasteiger partial charge in [0.25, 0.3) is 0 Å². The molecule has 1 aromatic rings. The minimum absolute atomic E-state index is 0.109. The molecule has 0 saturated heterocycles. The average molecular weight is 212 g/mol. The van der Waals surface area contributed by atoms with Gasteiger partial charge in [-0.25, -0.2) is 4.79 Å². The fourth-order valence-electron chi connectivity index (χ4n) is 1.22. The maximum Gasteiger partial charge on any atom is 0.341 e. The summed E-state index contributed by atoms with van der Waals surface area (Å²) >= 11 is 0. The van der Waals surface area contributed by atoms with Crippen LogP contribution >= 0.6 is 0 Å². The molecule has 0 N–H and O–H groups in total. The predicted molar refractivity (Wildman–Crippen MR) is 54.8 cm³/mol. The van der Waals surface area contributed by atoms with E-state index in [1.54, 1.807) is 24.9 Å². The summed E-state index contributed by atoms with van der Waals surface area (Å²) in [6.45, 7) is 4.67. The molecule has 5 nitrogen and oxygen atoms in total. The SMILES string of the molecule is CCOC(=O)c1cnn(C(C)COC)c1. The van der Waals surface area contributed by atoms with E-state index >= 15 is 0 Å². The Morgan fingerprint density at radius 2 is 2.40 bits per heavy atom. The summed E-state index contributed by atoms with van der Waals surface area (Å²) in [6.07, 6.45) is 3.17. The van der Waals surface area contributed by atoms with E-state index in [-0.39, 0.29) is 12.0 Å². The molecule has 0 saturated carbocycles. The third kappa shape index (κ3) is 3.06. The van der Waals surface area contributed by atoms with Crippen LogP contribution in [0.2, 0.25) is 0 Å². The van der Waals surface area contributed by atoms with Gasteiger partial charge >= 0.3 is 5.97 Å². The van der Waals surface area contributed by atoms with Gasteiger partial charge in [0.1, 0.15) is 0 Å². The zero-order valence-electron chi connectivity index (χ0n) is 9.27. The second-order valence-electron chi connectivity index (χ2n) is 3.23. The molecule has 0 fully saturated rings. The van der Waals surface area contributed by atoms with Crippen molar-refractivity contribution in [1.82, 2.24) is 9.78 Å². The number of methoxy groups -OCH3 is 1. The van der Waals surface area contributed by atoms with Gasteiger partial charge in [0.15, 0.2) is 0 Å². The van der Waals surface area contributed by atoms with Crippen LogP contribution < -0.4 is 0 Å². The Morgan fingerprint density at radius 3 is 3.00 bits per heavy atom. The Morgan fingerprint density at radius 1 is 1.67 bits per heavy atom. The molecule has 1 unspecified atom stereocenters. The second kappa shape index (κ2) is 5.50. The average Bonchev–Trinajstić information content (AvgIpc) is 2.67. The number of ether oxygens (including phenoxy) is 2. The minimum atomic E-state index is -0.339. The van der Waals surface area contributed by atoms with Gasteiger partial charge < -0.3 is 9.47 Å². The lowest BCUT2D eigenvalue weighted by Gasteiger charge is -2.09. The Labute approximate surface area is 89.0 Å². The van der Waals surface area contributed by atoms with Crippen LogP contribution in [0.3, 0.4) is 0 Å². The summed E-state index contributed by atoms with van der Waals surface area (Å²) in [4.78, 5) is 11.3. The Kier molecular flexibility index (Phi) is 4.30. The number of carbonyl (C=O) groups is 1. The zero-order chi connectivity index (χ0) is 11.3. The standard InChI is InChI=1S/C10H16N2O3/c1-4-15-10(13)9-5-11-12(6-9)8(2)7-14-3/h5-6,8H,4,7H2,1-3H3. The van der Waals surface area contributed by atoms with E-state index in [2.05, 4.69) is 5.10 Å². The molecule has 1 rings (SSSR count). The monoisotopic (exact) mass is 212 g/mol. The van der Waals surface area contributed by atoms with Gasteiger partial charge in [0.2, 0.25) is 0 Å². The van der Waals surface area contributed by atoms with Crippen LogP contribution in [-0.4, -0.2) is 36.1 Å². The molecule has 84 valence electrons. The van der Waals surface area contributed by atoms with E-state index in [9.17, 15) is 4.79 Å². The lowest BCUT2D eigenvalue weighted by Crippen LogP contribution is -2.11. The van der Waals surface area contributed by atoms with Gasteiger partial charge in [-0.15, -0.1) is 0 Å². The number of esters is 1. The summed E-state index contributed by atoms with van der Waals surface area (Å²) in [7, 11) is 1.63. The highest BCUT2D eigenvalue weighted by Gasteiger charge is 2.12. The van der Waals surface area contributed by atoms with Gasteiger partial charge in [0, 0.05) is 13.3 Å². The molecule has 0 aromatic carbocycles. The largest absolute Gasteiger partial charge is 0.462 e. The fraction of sp³-hybridized carbons (Fsp3) is 0.600. The van der Waals surface area contributed by atoms with Crippen molar-refractivity contribution < 1.29 is 14.3 Å². The van der Waals surface area contributed by atoms with E-state index in [0.29, 0.717) is 18.8 Å². The first kappa shape index (κ1) is 11.7. The van der Waals surface area contributed by atoms with Crippen LogP contribution in [0.5, 0.6) is 0 Å². The highest BCUT2D eigenvalue weighted by atomic mass is 16.5. The molecule has 0 amide bonds. The molecule has 1 heterocycles. The summed E-state index contributed by atoms with van der Waals surface area (Å²) < 4.78 is 11.5. The van der Waals surface area contributed by atoms with Crippen LogP contribution in [0.1, 0.15) is 30.2 Å². The van der Waals surface area contributed by atoms with Crippen molar-refractivity contribution in [2.75, 3.05) is 20.3 Å². The lowest BCUT2D eigenvalue weighted by molar-refractivity contribution is 0.0526. The normalized spacial score (nSPS) is 12.5. The minimum Gasteiger partial charge on any atom is -0.462 e. The maximum atomic E-state index is 11.3. The summed E-state index contributed by atoms with van der Waals surface area (Å²) in [6, 6.07) is 0.109. The van der Waals surface area contributed by atoms with Crippen molar-refractivity contribution in [2.24, 2.45) is 0 Å². The molecule has 1 aromatic heterocycles. The van der Waals surface area contributed by atoms with Crippen LogP contribution in [0, 0.1) is 0 Å². The van der Waals surface area contributed by atoms with Gasteiger partial charge in [-0.1, -0.05) is 0 Å². The molecule has 5 heteroatoms. The van der Waals surface area contributed by atoms with Crippen molar-refractivity contribution in [3.8, 4) is 0 Å². The first-order valence-corrected chi connectivity index (χ1v) is 4.89. The smallest absolute Gasteiger partial charge is 0.341 e. The zero-order valence-corrected chi connectivity index (χ0v) is 9.27. The molecule has 0 radical (unpaired) electrons. The van der Waals surface area contributed by atoms with Crippen LogP contribution in [0.25, 0.3) is 0 Å². The van der Waals surface area contributed by atoms with E-state index < -0.39 is 0 Å². The number of aromatic nitrogens is 2. The van der Waals surface area contributed by atoms with Crippen molar-refractivity contribution in [2.45, 2.75) is 19.9 Å². The summed E-state index contributed by atoms with van der Waals surface area (Å²) in [5.74, 6) is -0.339. The molecular weight excluding hydrogens is 196 g/mol. The molecule has 0 spiro atoms. The van der Waals surface area contributed by atoms with Crippen molar-refractivity contribution in [3.05, 3.63) is 18.0 Å². The lowest BCUT2D eigenvalue weighted by atomic mass is 10.3. The highest BCUT2D eigenvalue weighted by Crippen LogP contribution is 2.07. The van der Waals surface area contributed by atoms with Gasteiger partial charge in [-0.2, -0.15) is 5.10 Å². The van der Waals surface area contributed by atoms with Gasteiger partial charge in [0.05, 0.1) is 31.0 Å². The number of hydrogen-bond acceptors (Lipinski definition) is 4. The predicted octanol–water partition coefficient (Wildman–Crippen LogP) is 1.27. The van der Waals surface area contributed by atoms with Crippen LogP contribution in [0.15, 0.2) is 12.4 Å². The second-order valence-corrected chi connectivity index (χ2v) is 3.23. The molecule has 15 heavy (non-hydrogen) atoms. The Hall–Kier alpha value is -1.36. The Bertz CT molecular complexity index is 322. The molecule has 0 aliphatic heterocycles. The summed E-state index contributed by atoms with van der Waals surface area (Å²) in [5.41, 5.74) is 0.472. The van der Waals surface area contributed by atoms with Gasteiger partial charge in [-0.3, -0.25) is 4.68 Å². The van der Waals surface area contributed by atoms with Gasteiger partial charge in [-0.05, 0) is 13.8 Å². The van der Waals surface area contributed by atoms with E-state index in [1.807, 2.05) is 6.92 Å². The number of nitrogens with zero attached hydrogens (tertiary/aromatic N) is 2. The third-order valence-corrected chi connectivity index (χ3v) is 1.97. The van der Waals surface area contributed by atoms with Crippen molar-refractivity contribution in [3.63, 3.8) is 0 Å². The number of hydrogen-bond donors (Lipinski definition) is 0. The Balaban J connectivity index is 2.67. The molecule has 1 atom stereocenters. The van der Waals surface area contributed by atoms with E-state index in [4.69, 9.17) is 9.47 Å². The summed E-state index contributed by atoms with van der Waals surface area (Å²) in [5, 5.41) is 4.07.